The Kier molecular flexibility index (Phi) is 6.49. The van der Waals surface area contributed by atoms with Crippen molar-refractivity contribution in [2.75, 3.05) is 13.7 Å². The molecule has 0 bridgehead atoms. The molecular weight excluding hydrogens is 254 g/mol. The first-order chi connectivity index (χ1) is 8.10. The van der Waals surface area contributed by atoms with E-state index in [9.17, 15) is 0 Å². The van der Waals surface area contributed by atoms with Crippen LogP contribution < -0.4 is 5.32 Å². The minimum Gasteiger partial charge on any atom is -0.377 e. The van der Waals surface area contributed by atoms with Gasteiger partial charge in [-0.15, -0.1) is 11.3 Å². The van der Waals surface area contributed by atoms with Crippen molar-refractivity contribution in [3.8, 4) is 0 Å². The number of nitrogens with one attached hydrogen (secondary N) is 1. The largest absolute Gasteiger partial charge is 0.377 e. The lowest BCUT2D eigenvalue weighted by molar-refractivity contribution is 0.00553. The lowest BCUT2D eigenvalue weighted by Crippen LogP contribution is -2.44. The Morgan fingerprint density at radius 1 is 1.47 bits per heavy atom. The molecule has 1 aromatic rings. The van der Waals surface area contributed by atoms with E-state index in [1.54, 1.807) is 11.3 Å². The van der Waals surface area contributed by atoms with Crippen LogP contribution in [0.1, 0.15) is 25.6 Å². The smallest absolute Gasteiger partial charge is 0.0754 e. The van der Waals surface area contributed by atoms with Gasteiger partial charge in [-0.2, -0.15) is 0 Å². The molecule has 0 fully saturated rings. The predicted octanol–water partition coefficient (Wildman–Crippen LogP) is 3.59. The van der Waals surface area contributed by atoms with Crippen molar-refractivity contribution < 1.29 is 4.74 Å². The highest BCUT2D eigenvalue weighted by Crippen LogP contribution is 2.25. The van der Waals surface area contributed by atoms with E-state index in [0.29, 0.717) is 12.0 Å². The minimum absolute atomic E-state index is 0.225. The van der Waals surface area contributed by atoms with E-state index < -0.39 is 0 Å². The summed E-state index contributed by atoms with van der Waals surface area (Å²) >= 11 is 7.86. The predicted molar refractivity (Wildman–Crippen MR) is 76.1 cm³/mol. The first-order valence-corrected chi connectivity index (χ1v) is 7.36. The van der Waals surface area contributed by atoms with Crippen LogP contribution >= 0.6 is 22.9 Å². The summed E-state index contributed by atoms with van der Waals surface area (Å²) < 4.78 is 5.84. The average Bonchev–Trinajstić information content (AvgIpc) is 2.69. The summed E-state index contributed by atoms with van der Waals surface area (Å²) in [5, 5.41) is 6.26. The molecular formula is C13H22ClNOS. The maximum Gasteiger partial charge on any atom is 0.0754 e. The van der Waals surface area contributed by atoms with Crippen molar-refractivity contribution in [2.45, 2.75) is 39.3 Å². The molecule has 1 aromatic heterocycles. The fraction of sp³-hybridized carbons (Fsp3) is 0.692. The number of thiophene rings is 1. The van der Waals surface area contributed by atoms with Crippen LogP contribution in [0, 0.1) is 5.92 Å². The van der Waals surface area contributed by atoms with Gasteiger partial charge in [-0.1, -0.05) is 25.4 Å². The summed E-state index contributed by atoms with van der Waals surface area (Å²) in [6, 6.07) is 2.27. The van der Waals surface area contributed by atoms with Crippen molar-refractivity contribution in [3.05, 3.63) is 21.3 Å². The van der Waals surface area contributed by atoms with Gasteiger partial charge in [0.2, 0.25) is 0 Å². The first kappa shape index (κ1) is 15.0. The van der Waals surface area contributed by atoms with Gasteiger partial charge < -0.3 is 10.1 Å². The second-order valence-corrected chi connectivity index (χ2v) is 5.86. The number of halogens is 1. The van der Waals surface area contributed by atoms with Crippen LogP contribution in [0.3, 0.4) is 0 Å². The molecule has 0 saturated carbocycles. The summed E-state index contributed by atoms with van der Waals surface area (Å²) in [4.78, 5) is 1.23. The van der Waals surface area contributed by atoms with Crippen LogP contribution in [0.4, 0.5) is 0 Å². The monoisotopic (exact) mass is 275 g/mol. The Hall–Kier alpha value is -0.0900. The van der Waals surface area contributed by atoms with Crippen molar-refractivity contribution in [1.82, 2.24) is 5.32 Å². The molecule has 0 spiro atoms. The van der Waals surface area contributed by atoms with Gasteiger partial charge in [-0.3, -0.25) is 0 Å². The summed E-state index contributed by atoms with van der Waals surface area (Å²) in [5.41, 5.74) is 0. The molecule has 4 heteroatoms. The summed E-state index contributed by atoms with van der Waals surface area (Å²) in [6.07, 6.45) is 1.15. The number of rotatable bonds is 7. The molecule has 0 aromatic carbocycles. The maximum atomic E-state index is 6.14. The number of hydrogen-bond donors (Lipinski definition) is 1. The van der Waals surface area contributed by atoms with Crippen LogP contribution in [-0.2, 0) is 11.2 Å². The Morgan fingerprint density at radius 3 is 2.59 bits per heavy atom. The fourth-order valence-corrected chi connectivity index (χ4v) is 3.19. The second kappa shape index (κ2) is 7.37. The molecule has 0 radical (unpaired) electrons. The lowest BCUT2D eigenvalue weighted by atomic mass is 9.96. The highest BCUT2D eigenvalue weighted by Gasteiger charge is 2.24. The molecule has 0 saturated heterocycles. The van der Waals surface area contributed by atoms with Gasteiger partial charge in [0.1, 0.15) is 0 Å². The van der Waals surface area contributed by atoms with Gasteiger partial charge >= 0.3 is 0 Å². The molecule has 1 N–H and O–H groups in total. The molecule has 1 rings (SSSR count). The Labute approximate surface area is 113 Å². The van der Waals surface area contributed by atoms with Gasteiger partial charge in [-0.25, -0.2) is 0 Å². The molecule has 0 amide bonds. The van der Waals surface area contributed by atoms with E-state index in [-0.39, 0.29) is 6.10 Å². The number of hydrogen-bond acceptors (Lipinski definition) is 3. The fourth-order valence-electron chi connectivity index (χ4n) is 2.02. The number of likely N-dealkylation sites (N-methyl/N-ethyl adjacent to an activating group) is 1. The highest BCUT2D eigenvalue weighted by molar-refractivity contribution is 7.10. The minimum atomic E-state index is 0.225. The van der Waals surface area contributed by atoms with Crippen molar-refractivity contribution in [1.29, 1.82) is 0 Å². The Balaban J connectivity index is 2.72. The van der Waals surface area contributed by atoms with E-state index in [2.05, 4.69) is 19.2 Å². The summed E-state index contributed by atoms with van der Waals surface area (Å²) in [7, 11) is 1.99. The van der Waals surface area contributed by atoms with E-state index in [4.69, 9.17) is 16.3 Å². The van der Waals surface area contributed by atoms with Crippen LogP contribution in [0.2, 0.25) is 5.02 Å². The zero-order valence-electron chi connectivity index (χ0n) is 11.0. The van der Waals surface area contributed by atoms with Crippen LogP contribution in [0.25, 0.3) is 0 Å². The third-order valence-corrected chi connectivity index (χ3v) is 4.29. The van der Waals surface area contributed by atoms with Crippen molar-refractivity contribution >= 4 is 22.9 Å². The Bertz CT molecular complexity index is 327. The van der Waals surface area contributed by atoms with Gasteiger partial charge in [0.15, 0.2) is 0 Å². The van der Waals surface area contributed by atoms with Gasteiger partial charge in [-0.05, 0) is 31.3 Å². The first-order valence-electron chi connectivity index (χ1n) is 6.10. The van der Waals surface area contributed by atoms with Crippen LogP contribution in [0.5, 0.6) is 0 Å². The van der Waals surface area contributed by atoms with Crippen LogP contribution in [0.15, 0.2) is 11.4 Å². The number of ether oxygens (including phenoxy) is 1. The van der Waals surface area contributed by atoms with E-state index in [0.717, 1.165) is 18.1 Å². The SMILES string of the molecule is CCOC(C(C)C)C(Cc1sccc1Cl)NC. The van der Waals surface area contributed by atoms with Crippen molar-refractivity contribution in [3.63, 3.8) is 0 Å². The average molecular weight is 276 g/mol. The molecule has 98 valence electrons. The molecule has 2 nitrogen and oxygen atoms in total. The second-order valence-electron chi connectivity index (χ2n) is 4.45. The molecule has 1 heterocycles. The third kappa shape index (κ3) is 4.25. The highest BCUT2D eigenvalue weighted by atomic mass is 35.5. The normalized spacial score (nSPS) is 15.2. The maximum absolute atomic E-state index is 6.14. The third-order valence-electron chi connectivity index (χ3n) is 2.88. The summed E-state index contributed by atoms with van der Waals surface area (Å²) in [6.45, 7) is 7.18. The standard InChI is InChI=1S/C13H22ClNOS/c1-5-16-13(9(2)3)11(15-4)8-12-10(14)6-7-17-12/h6-7,9,11,13,15H,5,8H2,1-4H3. The van der Waals surface area contributed by atoms with Gasteiger partial charge in [0.05, 0.1) is 11.1 Å². The molecule has 0 aliphatic rings. The molecule has 17 heavy (non-hydrogen) atoms. The summed E-state index contributed by atoms with van der Waals surface area (Å²) in [5.74, 6) is 0.492. The van der Waals surface area contributed by atoms with E-state index in [1.165, 1.54) is 4.88 Å². The van der Waals surface area contributed by atoms with E-state index >= 15 is 0 Å². The zero-order chi connectivity index (χ0) is 12.8. The van der Waals surface area contributed by atoms with Gasteiger partial charge in [0.25, 0.3) is 0 Å². The molecule has 2 atom stereocenters. The molecule has 2 unspecified atom stereocenters. The van der Waals surface area contributed by atoms with Gasteiger partial charge in [0, 0.05) is 23.9 Å². The van der Waals surface area contributed by atoms with E-state index in [1.807, 2.05) is 25.4 Å². The Morgan fingerprint density at radius 2 is 2.18 bits per heavy atom. The molecule has 0 aliphatic heterocycles. The lowest BCUT2D eigenvalue weighted by Gasteiger charge is -2.29. The van der Waals surface area contributed by atoms with Crippen molar-refractivity contribution in [2.24, 2.45) is 5.92 Å². The molecule has 0 aliphatic carbocycles. The van der Waals surface area contributed by atoms with Crippen LogP contribution in [-0.4, -0.2) is 25.8 Å². The topological polar surface area (TPSA) is 21.3 Å². The quantitative estimate of drug-likeness (QED) is 0.821. The zero-order valence-corrected chi connectivity index (χ0v) is 12.6.